The first-order valence-corrected chi connectivity index (χ1v) is 23.0. The Hall–Kier alpha value is -2.31. The maximum Gasteiger partial charge on any atom is -1.00 e. The van der Waals surface area contributed by atoms with E-state index in [-0.39, 0.29) is 49.6 Å². The van der Waals surface area contributed by atoms with Crippen molar-refractivity contribution in [3.8, 4) is 0 Å². The van der Waals surface area contributed by atoms with Crippen molar-refractivity contribution in [3.63, 3.8) is 0 Å². The zero-order chi connectivity index (χ0) is 35.4. The van der Waals surface area contributed by atoms with E-state index in [2.05, 4.69) is 178 Å². The molecule has 0 nitrogen and oxygen atoms in total. The van der Waals surface area contributed by atoms with Gasteiger partial charge in [-0.2, -0.15) is 0 Å². The Morgan fingerprint density at radius 2 is 1.29 bits per heavy atom. The fourth-order valence-corrected chi connectivity index (χ4v) is 23.4. The van der Waals surface area contributed by atoms with Gasteiger partial charge in [-0.15, -0.1) is 0 Å². The summed E-state index contributed by atoms with van der Waals surface area (Å²) in [6, 6.07) is 28.5. The van der Waals surface area contributed by atoms with E-state index in [1.807, 2.05) is 5.57 Å². The van der Waals surface area contributed by atoms with Crippen LogP contribution >= 0.6 is 0 Å². The zero-order valence-electron chi connectivity index (χ0n) is 32.9. The summed E-state index contributed by atoms with van der Waals surface area (Å²) in [6.07, 6.45) is 18.4. The maximum atomic E-state index is 2.83. The van der Waals surface area contributed by atoms with Crippen molar-refractivity contribution in [3.05, 3.63) is 159 Å². The monoisotopic (exact) mass is 804 g/mol. The minimum atomic E-state index is -2.99. The van der Waals surface area contributed by atoms with Crippen LogP contribution < -0.4 is 24.8 Å². The van der Waals surface area contributed by atoms with Gasteiger partial charge >= 0.3 is 312 Å². The SMILES string of the molecule is Cc1cccc([C](c2cccc(C)c2)=[Zr+2]([CH]2C=CC=C2)[C]2(C)C3=C4Cc5ccccc5C4=C4C=CCCC4C3(C)C(C)(C)C(C)(C)C2(C)C)c1.[Cl-].[Cl-]. The molecule has 0 aromatic heterocycles. The predicted octanol–water partition coefficient (Wildman–Crippen LogP) is 6.98. The zero-order valence-corrected chi connectivity index (χ0v) is 36.9. The van der Waals surface area contributed by atoms with Crippen LogP contribution in [0.25, 0.3) is 5.57 Å². The second kappa shape index (κ2) is 13.5. The summed E-state index contributed by atoms with van der Waals surface area (Å²) in [6.45, 7) is 26.2. The molecular formula is C49H56Cl2Zr. The van der Waals surface area contributed by atoms with Gasteiger partial charge in [-0.25, -0.2) is 0 Å². The van der Waals surface area contributed by atoms with E-state index in [0.29, 0.717) is 9.54 Å². The minimum absolute atomic E-state index is 0. The van der Waals surface area contributed by atoms with Gasteiger partial charge in [0.2, 0.25) is 0 Å². The van der Waals surface area contributed by atoms with Gasteiger partial charge in [-0.05, 0) is 0 Å². The van der Waals surface area contributed by atoms with E-state index in [9.17, 15) is 0 Å². The summed E-state index contributed by atoms with van der Waals surface area (Å²) in [4.78, 5) is 0. The normalized spacial score (nSPS) is 27.1. The summed E-state index contributed by atoms with van der Waals surface area (Å²) < 4.78 is 2.15. The first-order chi connectivity index (χ1) is 23.7. The molecule has 5 aliphatic carbocycles. The molecule has 270 valence electrons. The predicted molar refractivity (Wildman–Crippen MR) is 211 cm³/mol. The van der Waals surface area contributed by atoms with Gasteiger partial charge in [0, 0.05) is 0 Å². The van der Waals surface area contributed by atoms with Crippen molar-refractivity contribution in [2.45, 2.75) is 95.2 Å². The van der Waals surface area contributed by atoms with Crippen LogP contribution in [0.15, 0.2) is 126 Å². The molecule has 3 aromatic rings. The topological polar surface area (TPSA) is 0 Å². The Bertz CT molecular complexity index is 2070. The van der Waals surface area contributed by atoms with Gasteiger partial charge < -0.3 is 24.8 Å². The number of rotatable bonds is 4. The molecule has 8 rings (SSSR count). The Balaban J connectivity index is 0.00000232. The Labute approximate surface area is 334 Å². The van der Waals surface area contributed by atoms with Gasteiger partial charge in [0.05, 0.1) is 0 Å². The van der Waals surface area contributed by atoms with Crippen LogP contribution in [0.3, 0.4) is 0 Å². The van der Waals surface area contributed by atoms with Gasteiger partial charge in [-0.1, -0.05) is 0 Å². The molecule has 3 atom stereocenters. The number of fused-ring (bicyclic) bond motifs is 6. The quantitative estimate of drug-likeness (QED) is 0.267. The molecule has 3 heteroatoms. The van der Waals surface area contributed by atoms with E-state index in [0.717, 1.165) is 6.42 Å². The van der Waals surface area contributed by atoms with Crippen LogP contribution in [0.4, 0.5) is 0 Å². The molecule has 0 N–H and O–H groups in total. The van der Waals surface area contributed by atoms with Crippen molar-refractivity contribution < 1.29 is 46.1 Å². The van der Waals surface area contributed by atoms with Crippen LogP contribution in [0.2, 0.25) is 6.75 Å². The van der Waals surface area contributed by atoms with Gasteiger partial charge in [0.1, 0.15) is 0 Å². The Morgan fingerprint density at radius 3 is 1.88 bits per heavy atom. The molecule has 3 unspecified atom stereocenters. The van der Waals surface area contributed by atoms with Crippen molar-refractivity contribution in [1.82, 2.24) is 0 Å². The molecule has 0 spiro atoms. The first kappa shape index (κ1) is 39.4. The van der Waals surface area contributed by atoms with E-state index in [4.69, 9.17) is 0 Å². The summed E-state index contributed by atoms with van der Waals surface area (Å²) >= 11 is -2.99. The number of hydrogen-bond donors (Lipinski definition) is 0. The Kier molecular flexibility index (Phi) is 10.2. The van der Waals surface area contributed by atoms with Crippen molar-refractivity contribution >= 4 is 8.78 Å². The molecule has 1 fully saturated rings. The number of benzene rings is 3. The fraction of sp³-hybridized carbons (Fsp3) is 0.408. The molecule has 1 saturated carbocycles. The number of allylic oxidation sites excluding steroid dienone is 10. The molecule has 0 amide bonds. The van der Waals surface area contributed by atoms with Crippen LogP contribution in [0.1, 0.15) is 102 Å². The van der Waals surface area contributed by atoms with Crippen molar-refractivity contribution in [2.75, 3.05) is 0 Å². The fourth-order valence-electron chi connectivity index (χ4n) is 11.9. The third-order valence-electron chi connectivity index (χ3n) is 15.7. The average molecular weight is 807 g/mol. The van der Waals surface area contributed by atoms with E-state index in [1.165, 1.54) is 46.2 Å². The number of aryl methyl sites for hydroxylation is 2. The third-order valence-corrected chi connectivity index (χ3v) is 25.9. The van der Waals surface area contributed by atoms with Crippen LogP contribution in [0.5, 0.6) is 0 Å². The number of halogens is 2. The molecule has 3 aromatic carbocycles. The van der Waals surface area contributed by atoms with Crippen LogP contribution in [-0.4, -0.2) is 3.21 Å². The number of hydrogen-bond acceptors (Lipinski definition) is 0. The van der Waals surface area contributed by atoms with E-state index >= 15 is 0 Å². The van der Waals surface area contributed by atoms with Gasteiger partial charge in [0.25, 0.3) is 0 Å². The average Bonchev–Trinajstić information content (AvgIpc) is 3.75. The van der Waals surface area contributed by atoms with Crippen LogP contribution in [0, 0.1) is 41.4 Å². The van der Waals surface area contributed by atoms with Crippen molar-refractivity contribution in [2.24, 2.45) is 27.6 Å². The first-order valence-electron chi connectivity index (χ1n) is 19.1. The maximum absolute atomic E-state index is 2.99. The summed E-state index contributed by atoms with van der Waals surface area (Å²) in [7, 11) is 0. The summed E-state index contributed by atoms with van der Waals surface area (Å²) in [5.74, 6) is 0.498. The summed E-state index contributed by atoms with van der Waals surface area (Å²) in [5, 5.41) is 0. The summed E-state index contributed by atoms with van der Waals surface area (Å²) in [5.41, 5.74) is 15.5. The molecule has 0 aliphatic heterocycles. The van der Waals surface area contributed by atoms with Crippen LogP contribution in [-0.2, 0) is 27.7 Å². The van der Waals surface area contributed by atoms with Gasteiger partial charge in [0.15, 0.2) is 0 Å². The second-order valence-corrected chi connectivity index (χ2v) is 25.4. The standard InChI is InChI=1S/C29H37.C15H14.C5H5.2ClH.Zr/c1-18-25-22-17-19-13-9-10-14-20(19)24(22)21-15-11-12-16-23(21)29(25,8)28(6,7)27(4,5)26(18,2)3;1-12-5-3-7-14(9-12)11-15-8-4-6-13(2)10-15;1-2-4-5-3-1;;;/h9-11,13-15,23H,12,16-17H2,1-8H3;3-10H,1-2H3;1-5H;2*1H;/q;;;;;+2/p-2. The minimum Gasteiger partial charge on any atom is -1.00 e. The third kappa shape index (κ3) is 5.11. The van der Waals surface area contributed by atoms with Gasteiger partial charge in [-0.3, -0.25) is 0 Å². The molecule has 0 radical (unpaired) electrons. The molecule has 52 heavy (non-hydrogen) atoms. The molecular weight excluding hydrogens is 751 g/mol. The molecule has 0 bridgehead atoms. The molecule has 0 heterocycles. The largest absolute Gasteiger partial charge is 1.00 e. The smallest absolute Gasteiger partial charge is 1.00 e. The molecule has 0 saturated heterocycles. The van der Waals surface area contributed by atoms with Crippen molar-refractivity contribution in [1.29, 1.82) is 0 Å². The van der Waals surface area contributed by atoms with E-state index < -0.39 is 21.3 Å². The molecule has 5 aliphatic rings. The Morgan fingerprint density at radius 1 is 0.692 bits per heavy atom. The van der Waals surface area contributed by atoms with E-state index in [1.54, 1.807) is 19.9 Å². The second-order valence-electron chi connectivity index (χ2n) is 18.1.